The van der Waals surface area contributed by atoms with E-state index in [0.717, 1.165) is 11.3 Å². The summed E-state index contributed by atoms with van der Waals surface area (Å²) in [5.74, 6) is -2.32. The molecule has 0 aliphatic heterocycles. The molecule has 2 rings (SSSR count). The lowest BCUT2D eigenvalue weighted by Gasteiger charge is -2.19. The van der Waals surface area contributed by atoms with Crippen molar-refractivity contribution in [3.63, 3.8) is 0 Å². The Bertz CT molecular complexity index is 696. The molecule has 0 spiro atoms. The molecule has 4 nitrogen and oxygen atoms in total. The van der Waals surface area contributed by atoms with Crippen molar-refractivity contribution in [2.75, 3.05) is 5.73 Å². The minimum absolute atomic E-state index is 0.00300. The van der Waals surface area contributed by atoms with Crippen molar-refractivity contribution in [3.8, 4) is 10.6 Å². The summed E-state index contributed by atoms with van der Waals surface area (Å²) < 4.78 is 28.5. The van der Waals surface area contributed by atoms with E-state index in [9.17, 15) is 13.6 Å². The first kappa shape index (κ1) is 15.4. The van der Waals surface area contributed by atoms with Crippen LogP contribution in [0.5, 0.6) is 0 Å². The Hall–Kier alpha value is -2.02. The van der Waals surface area contributed by atoms with E-state index in [0.29, 0.717) is 5.56 Å². The zero-order chi connectivity index (χ0) is 15.9. The van der Waals surface area contributed by atoms with Gasteiger partial charge in [0.2, 0.25) is 0 Å². The number of halogens is 2. The summed E-state index contributed by atoms with van der Waals surface area (Å²) in [4.78, 5) is 15.0. The van der Waals surface area contributed by atoms with Crippen molar-refractivity contribution in [2.45, 2.75) is 26.2 Å². The van der Waals surface area contributed by atoms with E-state index in [4.69, 9.17) is 11.5 Å². The molecule has 1 aromatic heterocycles. The molecule has 0 saturated heterocycles. The van der Waals surface area contributed by atoms with Crippen LogP contribution in [0.1, 0.15) is 36.8 Å². The van der Waals surface area contributed by atoms with Crippen LogP contribution >= 0.6 is 11.3 Å². The highest BCUT2D eigenvalue weighted by Crippen LogP contribution is 2.35. The Kier molecular flexibility index (Phi) is 3.71. The summed E-state index contributed by atoms with van der Waals surface area (Å²) in [5, 5.41) is 0.0351. The van der Waals surface area contributed by atoms with Gasteiger partial charge in [-0.1, -0.05) is 32.1 Å². The quantitative estimate of drug-likeness (QED) is 0.894. The monoisotopic (exact) mass is 311 g/mol. The molecule has 0 saturated carbocycles. The van der Waals surface area contributed by atoms with Gasteiger partial charge in [0.15, 0.2) is 5.69 Å². The number of hydrogen-bond donors (Lipinski definition) is 2. The molecule has 4 N–H and O–H groups in total. The maximum atomic E-state index is 14.2. The van der Waals surface area contributed by atoms with Crippen LogP contribution in [0, 0.1) is 11.6 Å². The molecule has 0 atom stereocenters. The Morgan fingerprint density at radius 1 is 1.24 bits per heavy atom. The molecule has 0 fully saturated rings. The van der Waals surface area contributed by atoms with Gasteiger partial charge in [-0.2, -0.15) is 0 Å². The molecule has 7 heteroatoms. The summed E-state index contributed by atoms with van der Waals surface area (Å²) in [6.45, 7) is 5.56. The van der Waals surface area contributed by atoms with E-state index in [1.807, 2.05) is 20.8 Å². The van der Waals surface area contributed by atoms with Crippen molar-refractivity contribution < 1.29 is 13.6 Å². The summed E-state index contributed by atoms with van der Waals surface area (Å²) in [5.41, 5.74) is 10.4. The summed E-state index contributed by atoms with van der Waals surface area (Å²) in [6.07, 6.45) is 0. The number of nitrogens with two attached hydrogens (primary N) is 2. The number of carbonyl (C=O) groups excluding carboxylic acids is 1. The van der Waals surface area contributed by atoms with Crippen molar-refractivity contribution in [1.82, 2.24) is 4.98 Å². The Morgan fingerprint density at radius 3 is 2.14 bits per heavy atom. The lowest BCUT2D eigenvalue weighted by Crippen LogP contribution is -2.13. The van der Waals surface area contributed by atoms with Gasteiger partial charge in [0.1, 0.15) is 21.6 Å². The number of rotatable bonds is 2. The molecular formula is C14H15F2N3OS. The SMILES string of the molecule is CC(C)(C)c1cc(F)c(-c2nc(C(N)=O)c(N)s2)c(F)c1. The second-order valence-electron chi connectivity index (χ2n) is 5.66. The number of anilines is 1. The lowest BCUT2D eigenvalue weighted by molar-refractivity contribution is 0.0997. The number of hydrogen-bond acceptors (Lipinski definition) is 4. The molecule has 0 aliphatic carbocycles. The molecule has 1 heterocycles. The second-order valence-corrected chi connectivity index (χ2v) is 6.69. The number of nitrogen functional groups attached to an aromatic ring is 1. The maximum Gasteiger partial charge on any atom is 0.270 e. The number of amides is 1. The van der Waals surface area contributed by atoms with E-state index >= 15 is 0 Å². The zero-order valence-corrected chi connectivity index (χ0v) is 12.6. The van der Waals surface area contributed by atoms with Crippen LogP contribution in [0.4, 0.5) is 13.8 Å². The largest absolute Gasteiger partial charge is 0.389 e. The second kappa shape index (κ2) is 5.07. The molecular weight excluding hydrogens is 296 g/mol. The number of benzene rings is 1. The maximum absolute atomic E-state index is 14.2. The highest BCUT2D eigenvalue weighted by Gasteiger charge is 2.23. The fraction of sp³-hybridized carbons (Fsp3) is 0.286. The number of aromatic nitrogens is 1. The van der Waals surface area contributed by atoms with Crippen LogP contribution in [-0.4, -0.2) is 10.9 Å². The van der Waals surface area contributed by atoms with E-state index in [-0.39, 0.29) is 26.7 Å². The first-order valence-corrected chi connectivity index (χ1v) is 6.99. The van der Waals surface area contributed by atoms with Crippen LogP contribution in [0.25, 0.3) is 10.6 Å². The zero-order valence-electron chi connectivity index (χ0n) is 11.8. The van der Waals surface area contributed by atoms with Crippen LogP contribution in [0.15, 0.2) is 12.1 Å². The summed E-state index contributed by atoms with van der Waals surface area (Å²) >= 11 is 0.823. The highest BCUT2D eigenvalue weighted by atomic mass is 32.1. The van der Waals surface area contributed by atoms with Crippen LogP contribution in [-0.2, 0) is 5.41 Å². The third-order valence-corrected chi connectivity index (χ3v) is 3.91. The predicted octanol–water partition coefficient (Wildman–Crippen LogP) is 3.07. The lowest BCUT2D eigenvalue weighted by atomic mass is 9.86. The fourth-order valence-corrected chi connectivity index (χ4v) is 2.71. The highest BCUT2D eigenvalue weighted by molar-refractivity contribution is 7.19. The first-order valence-electron chi connectivity index (χ1n) is 6.17. The van der Waals surface area contributed by atoms with E-state index in [1.54, 1.807) is 0 Å². The summed E-state index contributed by atoms with van der Waals surface area (Å²) in [7, 11) is 0. The van der Waals surface area contributed by atoms with Gasteiger partial charge in [-0.25, -0.2) is 13.8 Å². The van der Waals surface area contributed by atoms with Crippen molar-refractivity contribution in [1.29, 1.82) is 0 Å². The standard InChI is InChI=1S/C14H15F2N3OS/c1-14(2,3)6-4-7(15)9(8(16)5-6)13-19-10(11(17)20)12(18)21-13/h4-5H,18H2,1-3H3,(H2,17,20). The van der Waals surface area contributed by atoms with Gasteiger partial charge in [0.25, 0.3) is 5.91 Å². The molecule has 112 valence electrons. The van der Waals surface area contributed by atoms with Gasteiger partial charge in [-0.15, -0.1) is 0 Å². The molecule has 0 bridgehead atoms. The molecule has 0 unspecified atom stereocenters. The van der Waals surface area contributed by atoms with Crippen LogP contribution in [0.3, 0.4) is 0 Å². The van der Waals surface area contributed by atoms with Crippen molar-refractivity contribution in [2.24, 2.45) is 5.73 Å². The van der Waals surface area contributed by atoms with Crippen molar-refractivity contribution in [3.05, 3.63) is 35.0 Å². The average molecular weight is 311 g/mol. The molecule has 1 amide bonds. The smallest absolute Gasteiger partial charge is 0.270 e. The normalized spacial score (nSPS) is 11.7. The number of nitrogens with zero attached hydrogens (tertiary/aromatic N) is 1. The van der Waals surface area contributed by atoms with Gasteiger partial charge in [-0.05, 0) is 23.1 Å². The number of primary amides is 1. The fourth-order valence-electron chi connectivity index (χ4n) is 1.83. The van der Waals surface area contributed by atoms with Gasteiger partial charge in [0.05, 0.1) is 5.56 Å². The number of thiazole rings is 1. The third kappa shape index (κ3) is 2.87. The minimum Gasteiger partial charge on any atom is -0.389 e. The van der Waals surface area contributed by atoms with Gasteiger partial charge >= 0.3 is 0 Å². The third-order valence-electron chi connectivity index (χ3n) is 3.01. The van der Waals surface area contributed by atoms with E-state index < -0.39 is 17.5 Å². The predicted molar refractivity (Wildman–Crippen MR) is 79.1 cm³/mol. The molecule has 21 heavy (non-hydrogen) atoms. The number of carbonyl (C=O) groups is 1. The Balaban J connectivity index is 2.60. The topological polar surface area (TPSA) is 82.0 Å². The Labute approximate surface area is 124 Å². The van der Waals surface area contributed by atoms with Gasteiger partial charge < -0.3 is 11.5 Å². The van der Waals surface area contributed by atoms with Crippen LogP contribution < -0.4 is 11.5 Å². The van der Waals surface area contributed by atoms with E-state index in [1.165, 1.54) is 12.1 Å². The molecule has 2 aromatic rings. The van der Waals surface area contributed by atoms with Gasteiger partial charge in [-0.3, -0.25) is 4.79 Å². The average Bonchev–Trinajstić information content (AvgIpc) is 2.69. The summed E-state index contributed by atoms with van der Waals surface area (Å²) in [6, 6.07) is 2.53. The van der Waals surface area contributed by atoms with Gasteiger partial charge in [0, 0.05) is 0 Å². The van der Waals surface area contributed by atoms with Crippen LogP contribution in [0.2, 0.25) is 0 Å². The minimum atomic E-state index is -0.831. The first-order chi connectivity index (χ1) is 9.61. The Morgan fingerprint density at radius 2 is 1.76 bits per heavy atom. The van der Waals surface area contributed by atoms with E-state index in [2.05, 4.69) is 4.98 Å². The molecule has 1 aromatic carbocycles. The molecule has 0 aliphatic rings. The van der Waals surface area contributed by atoms with Crippen molar-refractivity contribution >= 4 is 22.2 Å². The molecule has 0 radical (unpaired) electrons.